The first kappa shape index (κ1) is 23.8. The second-order valence-corrected chi connectivity index (χ2v) is 7.77. The molecule has 1 saturated heterocycles. The van der Waals surface area contributed by atoms with E-state index in [1.165, 1.54) is 4.90 Å². The number of esters is 1. The predicted molar refractivity (Wildman–Crippen MR) is 108 cm³/mol. The molecule has 30 heavy (non-hydrogen) atoms. The van der Waals surface area contributed by atoms with Crippen LogP contribution in [0.25, 0.3) is 0 Å². The van der Waals surface area contributed by atoms with Crippen molar-refractivity contribution in [2.75, 3.05) is 13.1 Å². The number of amides is 1. The fourth-order valence-electron chi connectivity index (χ4n) is 3.56. The van der Waals surface area contributed by atoms with Gasteiger partial charge in [0.05, 0.1) is 12.5 Å². The van der Waals surface area contributed by atoms with Gasteiger partial charge in [-0.25, -0.2) is 0 Å². The van der Waals surface area contributed by atoms with Crippen LogP contribution in [0.4, 0.5) is 0 Å². The molecule has 0 spiro atoms. The van der Waals surface area contributed by atoms with Crippen molar-refractivity contribution < 1.29 is 34.3 Å². The number of carbonyl (C=O) groups is 3. The fourth-order valence-corrected chi connectivity index (χ4v) is 3.56. The van der Waals surface area contributed by atoms with Crippen molar-refractivity contribution in [2.45, 2.75) is 43.8 Å². The van der Waals surface area contributed by atoms with Crippen molar-refractivity contribution in [2.24, 2.45) is 17.4 Å². The van der Waals surface area contributed by atoms with E-state index in [0.717, 1.165) is 5.56 Å². The van der Waals surface area contributed by atoms with Gasteiger partial charge in [-0.05, 0) is 24.2 Å². The zero-order valence-corrected chi connectivity index (χ0v) is 16.6. The molecule has 2 rings (SSSR count). The molecule has 0 aliphatic carbocycles. The van der Waals surface area contributed by atoms with Crippen LogP contribution in [0.15, 0.2) is 30.3 Å². The molecule has 1 heterocycles. The number of likely N-dealkylation sites (tertiary alicyclic amines) is 1. The van der Waals surface area contributed by atoms with Gasteiger partial charge in [0.1, 0.15) is 12.1 Å². The maximum Gasteiger partial charge on any atom is 0.451 e. The number of rotatable bonds is 9. The van der Waals surface area contributed by atoms with Crippen molar-refractivity contribution in [1.82, 2.24) is 4.90 Å². The molecule has 0 saturated carbocycles. The molecular formula is C19H28BN3O7. The lowest BCUT2D eigenvalue weighted by Gasteiger charge is -2.42. The second kappa shape index (κ2) is 10.5. The average Bonchev–Trinajstić information content (AvgIpc) is 2.70. The Morgan fingerprint density at radius 3 is 2.53 bits per heavy atom. The van der Waals surface area contributed by atoms with Crippen molar-refractivity contribution in [1.29, 1.82) is 0 Å². The smallest absolute Gasteiger partial charge is 0.451 e. The highest BCUT2D eigenvalue weighted by molar-refractivity contribution is 6.40. The quantitative estimate of drug-likeness (QED) is 0.246. The highest BCUT2D eigenvalue weighted by Gasteiger charge is 2.45. The monoisotopic (exact) mass is 421 g/mol. The fraction of sp³-hybridized carbons (Fsp3) is 0.526. The number of nitrogens with zero attached hydrogens (tertiary/aromatic N) is 1. The first-order chi connectivity index (χ1) is 14.1. The maximum atomic E-state index is 12.7. The highest BCUT2D eigenvalue weighted by atomic mass is 16.5. The first-order valence-electron chi connectivity index (χ1n) is 9.73. The molecule has 0 radical (unpaired) electrons. The number of piperidine rings is 1. The van der Waals surface area contributed by atoms with Gasteiger partial charge in [0.15, 0.2) is 0 Å². The molecule has 7 N–H and O–H groups in total. The minimum atomic E-state index is -1.67. The zero-order valence-electron chi connectivity index (χ0n) is 16.6. The third-order valence-electron chi connectivity index (χ3n) is 5.12. The van der Waals surface area contributed by atoms with Crippen LogP contribution in [0.3, 0.4) is 0 Å². The van der Waals surface area contributed by atoms with E-state index >= 15 is 0 Å². The van der Waals surface area contributed by atoms with E-state index in [1.54, 1.807) is 12.1 Å². The van der Waals surface area contributed by atoms with Gasteiger partial charge in [0.25, 0.3) is 0 Å². The molecule has 3 atom stereocenters. The van der Waals surface area contributed by atoms with Crippen LogP contribution in [-0.2, 0) is 25.7 Å². The van der Waals surface area contributed by atoms with Gasteiger partial charge >= 0.3 is 19.1 Å². The van der Waals surface area contributed by atoms with Crippen LogP contribution in [0.5, 0.6) is 0 Å². The Labute approximate surface area is 174 Å². The lowest BCUT2D eigenvalue weighted by atomic mass is 9.75. The molecule has 0 aromatic heterocycles. The lowest BCUT2D eigenvalue weighted by Crippen LogP contribution is -2.64. The third kappa shape index (κ3) is 6.80. The molecule has 1 aliphatic heterocycles. The van der Waals surface area contributed by atoms with Gasteiger partial charge in [-0.1, -0.05) is 36.8 Å². The lowest BCUT2D eigenvalue weighted by molar-refractivity contribution is -0.152. The Hall–Kier alpha value is -2.47. The summed E-state index contributed by atoms with van der Waals surface area (Å²) in [6.07, 6.45) is 0.0440. The number of aliphatic carboxylic acids is 1. The Morgan fingerprint density at radius 1 is 1.27 bits per heavy atom. The number of carbonyl (C=O) groups excluding carboxylic acids is 2. The van der Waals surface area contributed by atoms with Gasteiger partial charge in [0, 0.05) is 13.1 Å². The number of benzene rings is 1. The van der Waals surface area contributed by atoms with Crippen molar-refractivity contribution in [3.8, 4) is 0 Å². The summed E-state index contributed by atoms with van der Waals surface area (Å²) in [5.41, 5.74) is 11.0. The van der Waals surface area contributed by atoms with E-state index in [1.807, 2.05) is 18.2 Å². The number of carboxylic acid groups (broad SMARTS) is 1. The average molecular weight is 421 g/mol. The second-order valence-electron chi connectivity index (χ2n) is 7.77. The summed E-state index contributed by atoms with van der Waals surface area (Å²) < 4.78 is 5.14. The summed E-state index contributed by atoms with van der Waals surface area (Å²) in [5.74, 6) is -2.85. The molecule has 0 unspecified atom stereocenters. The molecule has 11 heteroatoms. The number of ether oxygens (including phenoxy) is 1. The largest absolute Gasteiger partial charge is 0.480 e. The van der Waals surface area contributed by atoms with E-state index in [2.05, 4.69) is 0 Å². The number of hydrogen-bond acceptors (Lipinski definition) is 8. The van der Waals surface area contributed by atoms with Crippen LogP contribution < -0.4 is 11.5 Å². The SMILES string of the molecule is N[C@@H](CC(=O)OCc1ccccc1)C(=O)N1C[C@@H](CCB(O)O)C[C@](N)(C(=O)O)C1. The molecule has 1 aromatic rings. The summed E-state index contributed by atoms with van der Waals surface area (Å²) in [6.45, 7) is -0.0164. The summed E-state index contributed by atoms with van der Waals surface area (Å²) in [6, 6.07) is 7.84. The van der Waals surface area contributed by atoms with E-state index in [-0.39, 0.29) is 51.2 Å². The van der Waals surface area contributed by atoms with Gasteiger partial charge in [-0.15, -0.1) is 0 Å². The van der Waals surface area contributed by atoms with Crippen molar-refractivity contribution >= 4 is 25.0 Å². The summed E-state index contributed by atoms with van der Waals surface area (Å²) in [5, 5.41) is 27.6. The summed E-state index contributed by atoms with van der Waals surface area (Å²) in [7, 11) is -1.53. The van der Waals surface area contributed by atoms with Crippen molar-refractivity contribution in [3.05, 3.63) is 35.9 Å². The van der Waals surface area contributed by atoms with E-state index in [0.29, 0.717) is 0 Å². The Balaban J connectivity index is 1.96. The van der Waals surface area contributed by atoms with Crippen LogP contribution in [-0.4, -0.2) is 69.7 Å². The normalized spacial score (nSPS) is 22.3. The van der Waals surface area contributed by atoms with Crippen LogP contribution in [0.1, 0.15) is 24.8 Å². The van der Waals surface area contributed by atoms with Gasteiger partial charge < -0.3 is 36.3 Å². The minimum absolute atomic E-state index is 0.0280. The Bertz CT molecular complexity index is 749. The molecule has 1 amide bonds. The van der Waals surface area contributed by atoms with Crippen LogP contribution in [0.2, 0.25) is 6.32 Å². The molecule has 0 bridgehead atoms. The number of hydrogen-bond donors (Lipinski definition) is 5. The summed E-state index contributed by atoms with van der Waals surface area (Å²) in [4.78, 5) is 37.7. The van der Waals surface area contributed by atoms with Crippen LogP contribution in [0, 0.1) is 5.92 Å². The maximum absolute atomic E-state index is 12.7. The molecule has 1 fully saturated rings. The Morgan fingerprint density at radius 2 is 1.93 bits per heavy atom. The Kier molecular flexibility index (Phi) is 8.36. The minimum Gasteiger partial charge on any atom is -0.480 e. The molecule has 1 aromatic carbocycles. The summed E-state index contributed by atoms with van der Waals surface area (Å²) >= 11 is 0. The standard InChI is InChI=1S/C19H28BN3O7/c21-15(8-16(24)30-11-13-4-2-1-3-5-13)17(25)23-10-14(6-7-20(28)29)9-19(22,12-23)18(26)27/h1-5,14-15,28-29H,6-12,21-22H2,(H,26,27)/t14-,15-,19+/m0/s1. The third-order valence-corrected chi connectivity index (χ3v) is 5.12. The molecule has 10 nitrogen and oxygen atoms in total. The van der Waals surface area contributed by atoms with Crippen molar-refractivity contribution in [3.63, 3.8) is 0 Å². The zero-order chi connectivity index (χ0) is 22.3. The van der Waals surface area contributed by atoms with Crippen LogP contribution >= 0.6 is 0 Å². The molecule has 164 valence electrons. The predicted octanol–water partition coefficient (Wildman–Crippen LogP) is -1.06. The topological polar surface area (TPSA) is 176 Å². The van der Waals surface area contributed by atoms with E-state index in [4.69, 9.17) is 26.3 Å². The number of carboxylic acids is 1. The molecular weight excluding hydrogens is 393 g/mol. The first-order valence-corrected chi connectivity index (χ1v) is 9.73. The number of nitrogens with two attached hydrogens (primary N) is 2. The van der Waals surface area contributed by atoms with Gasteiger partial charge in [-0.3, -0.25) is 14.4 Å². The van der Waals surface area contributed by atoms with Gasteiger partial charge in [0.2, 0.25) is 5.91 Å². The molecule has 1 aliphatic rings. The van der Waals surface area contributed by atoms with E-state index in [9.17, 15) is 19.5 Å². The van der Waals surface area contributed by atoms with Gasteiger partial charge in [-0.2, -0.15) is 0 Å². The highest BCUT2D eigenvalue weighted by Crippen LogP contribution is 2.28. The van der Waals surface area contributed by atoms with E-state index < -0.39 is 36.5 Å².